The van der Waals surface area contributed by atoms with E-state index in [0.717, 1.165) is 5.56 Å². The van der Waals surface area contributed by atoms with E-state index in [0.29, 0.717) is 16.3 Å². The molecule has 0 amide bonds. The van der Waals surface area contributed by atoms with Crippen LogP contribution in [0.4, 0.5) is 11.4 Å². The van der Waals surface area contributed by atoms with Crippen LogP contribution >= 0.6 is 41.0 Å². The van der Waals surface area contributed by atoms with Crippen LogP contribution in [0.15, 0.2) is 36.4 Å². The van der Waals surface area contributed by atoms with Gasteiger partial charge < -0.3 is 15.2 Å². The van der Waals surface area contributed by atoms with Crippen LogP contribution in [0.1, 0.15) is 11.1 Å². The number of hydrogen-bond donors (Lipinski definition) is 1. The molecule has 2 aromatic rings. The van der Waals surface area contributed by atoms with Crippen molar-refractivity contribution in [3.8, 4) is 0 Å². The number of halogens is 4. The number of anilines is 1. The zero-order valence-corrected chi connectivity index (χ0v) is 22.2. The molecule has 0 bridgehead atoms. The van der Waals surface area contributed by atoms with Gasteiger partial charge in [-0.15, -0.1) is 0 Å². The van der Waals surface area contributed by atoms with E-state index >= 15 is 0 Å². The first-order valence-electron chi connectivity index (χ1n) is 8.16. The molecule has 0 unspecified atom stereocenters. The summed E-state index contributed by atoms with van der Waals surface area (Å²) >= 11 is 10.6. The molecule has 0 aliphatic heterocycles. The normalized spacial score (nSPS) is 9.35. The maximum atomic E-state index is 10.9. The molecule has 0 aromatic heterocycles. The van der Waals surface area contributed by atoms with Gasteiger partial charge in [0.2, 0.25) is 0 Å². The van der Waals surface area contributed by atoms with Crippen molar-refractivity contribution in [2.45, 2.75) is 12.8 Å². The Labute approximate surface area is 206 Å². The third-order valence-corrected chi connectivity index (χ3v) is 4.06. The fourth-order valence-corrected chi connectivity index (χ4v) is 2.44. The number of ether oxygens (including phenoxy) is 2. The molecule has 0 fully saturated rings. The monoisotopic (exact) mass is 618 g/mol. The average molecular weight is 619 g/mol. The molecule has 0 spiro atoms. The number of esters is 2. The van der Waals surface area contributed by atoms with E-state index in [-0.39, 0.29) is 29.5 Å². The van der Waals surface area contributed by atoms with Crippen LogP contribution in [0.25, 0.3) is 0 Å². The Morgan fingerprint density at radius 2 is 1.39 bits per heavy atom. The number of hydrogen-bond acceptors (Lipinski definition) is 7. The Morgan fingerprint density at radius 3 is 1.74 bits per heavy atom. The first-order chi connectivity index (χ1) is 14.6. The van der Waals surface area contributed by atoms with Crippen molar-refractivity contribution in [1.82, 2.24) is 0 Å². The second-order valence-corrected chi connectivity index (χ2v) is 10.5. The van der Waals surface area contributed by atoms with Crippen molar-refractivity contribution >= 4 is 83.2 Å². The Balaban J connectivity index is 0.000000519. The molecule has 2 rings (SSSR count). The third kappa shape index (κ3) is 12.2. The molecule has 8 nitrogen and oxygen atoms in total. The van der Waals surface area contributed by atoms with Crippen molar-refractivity contribution in [2.24, 2.45) is 0 Å². The fourth-order valence-electron chi connectivity index (χ4n) is 1.97. The molecule has 2 N–H and O–H groups in total. The van der Waals surface area contributed by atoms with Gasteiger partial charge in [-0.1, -0.05) is 35.3 Å². The second kappa shape index (κ2) is 16.2. The number of carbonyl (C=O) groups excluding carboxylic acids is 2. The van der Waals surface area contributed by atoms with Crippen LogP contribution < -0.4 is 5.73 Å². The molecule has 31 heavy (non-hydrogen) atoms. The number of methoxy groups -OCH3 is 2. The zero-order chi connectivity index (χ0) is 24.0. The van der Waals surface area contributed by atoms with Gasteiger partial charge in [-0.05, 0) is 29.3 Å². The van der Waals surface area contributed by atoms with Crippen molar-refractivity contribution < 1.29 is 24.0 Å². The molecular formula is C18H18Cl4N2O6Sn. The molecule has 0 saturated carbocycles. The summed E-state index contributed by atoms with van der Waals surface area (Å²) in [6.07, 6.45) is 0.269. The summed E-state index contributed by atoms with van der Waals surface area (Å²) in [5.74, 6) is -0.708. The predicted molar refractivity (Wildman–Crippen MR) is 123 cm³/mol. The molecule has 0 aliphatic rings. The van der Waals surface area contributed by atoms with Crippen LogP contribution in [0.2, 0.25) is 10.0 Å². The number of nitrogens with two attached hydrogens (primary N) is 1. The Morgan fingerprint density at radius 1 is 0.968 bits per heavy atom. The standard InChI is InChI=1S/C9H8ClNO4.C9H10ClNO2.2ClH.Sn/c1-15-9(12)5-6-2-3-8(11(13)14)7(10)4-6;1-13-9(12)5-6-2-3-8(11)7(10)4-6;;;/h2-4H,5H2,1H3;2-4H,5,11H2,1H3;2*1H;/q;;;;+2/p-2. The van der Waals surface area contributed by atoms with Crippen molar-refractivity contribution in [2.75, 3.05) is 20.0 Å². The number of nitro groups is 1. The van der Waals surface area contributed by atoms with Gasteiger partial charge in [-0.2, -0.15) is 0 Å². The van der Waals surface area contributed by atoms with Crippen molar-refractivity contribution in [3.05, 3.63) is 67.7 Å². The minimum atomic E-state index is -0.826. The molecule has 0 atom stereocenters. The first kappa shape index (κ1) is 29.5. The molecule has 168 valence electrons. The van der Waals surface area contributed by atoms with Gasteiger partial charge >= 0.3 is 48.7 Å². The molecule has 0 saturated heterocycles. The van der Waals surface area contributed by atoms with Crippen LogP contribution in [0.5, 0.6) is 0 Å². The van der Waals surface area contributed by atoms with Gasteiger partial charge in [0, 0.05) is 6.07 Å². The van der Waals surface area contributed by atoms with Crippen molar-refractivity contribution in [1.29, 1.82) is 0 Å². The topological polar surface area (TPSA) is 122 Å². The number of nitrogen functional groups attached to an aromatic ring is 1. The van der Waals surface area contributed by atoms with E-state index in [9.17, 15) is 19.7 Å². The first-order valence-corrected chi connectivity index (χ1v) is 16.1. The SMILES string of the molecule is COC(=O)Cc1ccc(N)c(Cl)c1.COC(=O)Cc1ccc([N+](=O)[O-])c(Cl)c1.[Cl][Sn][Cl]. The summed E-state index contributed by atoms with van der Waals surface area (Å²) in [5, 5.41) is 10.9. The van der Waals surface area contributed by atoms with Gasteiger partial charge in [-0.3, -0.25) is 19.7 Å². The van der Waals surface area contributed by atoms with E-state index in [2.05, 4.69) is 9.47 Å². The van der Waals surface area contributed by atoms with E-state index in [4.69, 9.17) is 46.8 Å². The fraction of sp³-hybridized carbons (Fsp3) is 0.222. The number of nitro benzene ring substituents is 1. The predicted octanol–water partition coefficient (Wildman–Crippen LogP) is 4.60. The molecule has 2 radical (unpaired) electrons. The summed E-state index contributed by atoms with van der Waals surface area (Å²) < 4.78 is 8.97. The molecule has 13 heteroatoms. The van der Waals surface area contributed by atoms with Gasteiger partial charge in [0.15, 0.2) is 0 Å². The summed E-state index contributed by atoms with van der Waals surface area (Å²) in [6.45, 7) is 0. The summed E-state index contributed by atoms with van der Waals surface area (Å²) in [5.41, 5.74) is 7.22. The Kier molecular flexibility index (Phi) is 15.4. The number of rotatable bonds is 5. The quantitative estimate of drug-likeness (QED) is 0.171. The molecular weight excluding hydrogens is 601 g/mol. The minimum absolute atomic E-state index is 0.0152. The molecule has 0 heterocycles. The van der Waals surface area contributed by atoms with E-state index < -0.39 is 29.8 Å². The second-order valence-electron chi connectivity index (χ2n) is 5.48. The van der Waals surface area contributed by atoms with Crippen LogP contribution in [0, 0.1) is 10.1 Å². The van der Waals surface area contributed by atoms with Crippen LogP contribution in [0.3, 0.4) is 0 Å². The van der Waals surface area contributed by atoms with Gasteiger partial charge in [0.1, 0.15) is 5.02 Å². The molecule has 0 aliphatic carbocycles. The van der Waals surface area contributed by atoms with E-state index in [1.165, 1.54) is 32.4 Å². The van der Waals surface area contributed by atoms with Gasteiger partial charge in [0.25, 0.3) is 5.69 Å². The van der Waals surface area contributed by atoms with Crippen LogP contribution in [-0.2, 0) is 31.9 Å². The van der Waals surface area contributed by atoms with Gasteiger partial charge in [-0.25, -0.2) is 0 Å². The van der Waals surface area contributed by atoms with Crippen LogP contribution in [-0.4, -0.2) is 50.0 Å². The average Bonchev–Trinajstić information content (AvgIpc) is 2.71. The third-order valence-electron chi connectivity index (χ3n) is 3.43. The summed E-state index contributed by atoms with van der Waals surface area (Å²) in [4.78, 5) is 31.7. The van der Waals surface area contributed by atoms with Gasteiger partial charge in [0.05, 0.1) is 42.7 Å². The number of nitrogens with zero attached hydrogens (tertiary/aromatic N) is 1. The van der Waals surface area contributed by atoms with E-state index in [1.807, 2.05) is 0 Å². The number of benzene rings is 2. The Hall–Kier alpha value is -1.46. The maximum absolute atomic E-state index is 10.9. The Bertz CT molecular complexity index is 901. The van der Waals surface area contributed by atoms with E-state index in [1.54, 1.807) is 18.2 Å². The van der Waals surface area contributed by atoms with Crippen molar-refractivity contribution in [3.63, 3.8) is 0 Å². The summed E-state index contributed by atoms with van der Waals surface area (Å²) in [6, 6.07) is 9.20. The summed E-state index contributed by atoms with van der Waals surface area (Å²) in [7, 11) is 12.5. The zero-order valence-electron chi connectivity index (χ0n) is 16.4. The molecule has 2 aromatic carbocycles. The number of carbonyl (C=O) groups is 2.